The van der Waals surface area contributed by atoms with Crippen LogP contribution in [0.2, 0.25) is 0 Å². The van der Waals surface area contributed by atoms with E-state index >= 15 is 0 Å². The van der Waals surface area contributed by atoms with Crippen LogP contribution in [0.15, 0.2) is 23.8 Å². The average Bonchev–Trinajstić information content (AvgIpc) is 2.39. The normalized spacial score (nSPS) is 10.6. The summed E-state index contributed by atoms with van der Waals surface area (Å²) in [5, 5.41) is 18.3. The van der Waals surface area contributed by atoms with Gasteiger partial charge in [0.1, 0.15) is 11.6 Å². The van der Waals surface area contributed by atoms with Crippen molar-refractivity contribution in [3.05, 3.63) is 29.3 Å². The minimum Gasteiger partial charge on any atom is -0.504 e. The summed E-state index contributed by atoms with van der Waals surface area (Å²) in [4.78, 5) is 11.2. The highest BCUT2D eigenvalue weighted by molar-refractivity contribution is 5.97. The molecule has 0 heterocycles. The first-order valence-corrected chi connectivity index (χ1v) is 5.28. The Morgan fingerprint density at radius 2 is 2.28 bits per heavy atom. The molecule has 0 atom stereocenters. The predicted molar refractivity (Wildman–Crippen MR) is 64.9 cm³/mol. The molecule has 5 heteroatoms. The molecule has 0 saturated heterocycles. The number of hydrogen-bond acceptors (Lipinski definition) is 5. The fraction of sp³-hybridized carbons (Fsp3) is 0.231. The van der Waals surface area contributed by atoms with E-state index in [-0.39, 0.29) is 11.3 Å². The second-order valence-corrected chi connectivity index (χ2v) is 3.32. The summed E-state index contributed by atoms with van der Waals surface area (Å²) in [5.41, 5.74) is 0.448. The van der Waals surface area contributed by atoms with Crippen LogP contribution in [0.3, 0.4) is 0 Å². The van der Waals surface area contributed by atoms with Gasteiger partial charge < -0.3 is 14.6 Å². The second-order valence-electron chi connectivity index (χ2n) is 3.32. The quantitative estimate of drug-likeness (QED) is 0.499. The van der Waals surface area contributed by atoms with Gasteiger partial charge in [-0.3, -0.25) is 0 Å². The van der Waals surface area contributed by atoms with Gasteiger partial charge in [0.05, 0.1) is 13.7 Å². The number of aromatic hydroxyl groups is 1. The molecule has 0 aliphatic carbocycles. The largest absolute Gasteiger partial charge is 0.504 e. The maximum absolute atomic E-state index is 11.2. The molecule has 0 saturated carbocycles. The summed E-state index contributed by atoms with van der Waals surface area (Å²) in [6.07, 6.45) is 1.37. The molecule has 1 N–H and O–H groups in total. The lowest BCUT2D eigenvalue weighted by Gasteiger charge is -2.06. The van der Waals surface area contributed by atoms with E-state index in [2.05, 4.69) is 4.74 Å². The molecular weight excluding hydrogens is 234 g/mol. The van der Waals surface area contributed by atoms with E-state index in [1.807, 2.05) is 0 Å². The van der Waals surface area contributed by atoms with E-state index in [0.29, 0.717) is 17.9 Å². The Balaban J connectivity index is 3.11. The first kappa shape index (κ1) is 13.6. The lowest BCUT2D eigenvalue weighted by Crippen LogP contribution is -2.02. The van der Waals surface area contributed by atoms with Crippen molar-refractivity contribution in [3.63, 3.8) is 0 Å². The third-order valence-corrected chi connectivity index (χ3v) is 2.12. The maximum atomic E-state index is 11.2. The van der Waals surface area contributed by atoms with Crippen LogP contribution in [0.4, 0.5) is 0 Å². The standard InChI is InChI=1S/C13H13NO4/c1-3-18-12-7-9(4-5-11(12)15)6-10(8-14)13(16)17-2/h4-7,15H,3H2,1-2H3/b10-6-. The number of nitriles is 1. The molecule has 1 aromatic rings. The van der Waals surface area contributed by atoms with Gasteiger partial charge in [-0.25, -0.2) is 4.79 Å². The van der Waals surface area contributed by atoms with Crippen molar-refractivity contribution in [2.45, 2.75) is 6.92 Å². The third-order valence-electron chi connectivity index (χ3n) is 2.12. The van der Waals surface area contributed by atoms with Crippen molar-refractivity contribution in [1.29, 1.82) is 5.26 Å². The van der Waals surface area contributed by atoms with Crippen LogP contribution in [0.25, 0.3) is 6.08 Å². The minimum absolute atomic E-state index is 0.00516. The number of hydrogen-bond donors (Lipinski definition) is 1. The Bertz CT molecular complexity index is 514. The van der Waals surface area contributed by atoms with Crippen LogP contribution in [0.5, 0.6) is 11.5 Å². The summed E-state index contributed by atoms with van der Waals surface area (Å²) in [6.45, 7) is 2.19. The molecule has 94 valence electrons. The molecule has 0 fully saturated rings. The lowest BCUT2D eigenvalue weighted by atomic mass is 10.1. The van der Waals surface area contributed by atoms with Crippen LogP contribution in [-0.4, -0.2) is 24.8 Å². The monoisotopic (exact) mass is 247 g/mol. The van der Waals surface area contributed by atoms with Crippen molar-refractivity contribution in [2.75, 3.05) is 13.7 Å². The molecule has 0 aliphatic rings. The summed E-state index contributed by atoms with van der Waals surface area (Å²) >= 11 is 0. The van der Waals surface area contributed by atoms with Gasteiger partial charge in [-0.2, -0.15) is 5.26 Å². The van der Waals surface area contributed by atoms with Crippen LogP contribution < -0.4 is 4.74 Å². The molecule has 1 rings (SSSR count). The Kier molecular flexibility index (Phi) is 4.76. The van der Waals surface area contributed by atoms with E-state index in [1.165, 1.54) is 19.3 Å². The number of esters is 1. The van der Waals surface area contributed by atoms with Gasteiger partial charge in [0.2, 0.25) is 0 Å². The lowest BCUT2D eigenvalue weighted by molar-refractivity contribution is -0.135. The van der Waals surface area contributed by atoms with Gasteiger partial charge in [0.25, 0.3) is 0 Å². The van der Waals surface area contributed by atoms with E-state index in [9.17, 15) is 9.90 Å². The highest BCUT2D eigenvalue weighted by atomic mass is 16.5. The topological polar surface area (TPSA) is 79.5 Å². The van der Waals surface area contributed by atoms with Gasteiger partial charge >= 0.3 is 5.97 Å². The number of nitrogens with zero attached hydrogens (tertiary/aromatic N) is 1. The van der Waals surface area contributed by atoms with E-state index in [4.69, 9.17) is 10.00 Å². The van der Waals surface area contributed by atoms with E-state index < -0.39 is 5.97 Å². The molecule has 0 aliphatic heterocycles. The number of ether oxygens (including phenoxy) is 2. The number of rotatable bonds is 4. The highest BCUT2D eigenvalue weighted by Crippen LogP contribution is 2.27. The van der Waals surface area contributed by atoms with E-state index in [1.54, 1.807) is 25.1 Å². The Morgan fingerprint density at radius 3 is 2.83 bits per heavy atom. The summed E-state index contributed by atoms with van der Waals surface area (Å²) < 4.78 is 9.67. The number of methoxy groups -OCH3 is 1. The van der Waals surface area contributed by atoms with Gasteiger partial charge in [0.15, 0.2) is 11.5 Å². The van der Waals surface area contributed by atoms with Crippen LogP contribution in [0, 0.1) is 11.3 Å². The third kappa shape index (κ3) is 3.25. The SMILES string of the molecule is CCOc1cc(/C=C(/C#N)C(=O)OC)ccc1O. The highest BCUT2D eigenvalue weighted by Gasteiger charge is 2.09. The smallest absolute Gasteiger partial charge is 0.348 e. The van der Waals surface area contributed by atoms with Gasteiger partial charge in [-0.05, 0) is 30.7 Å². The zero-order valence-corrected chi connectivity index (χ0v) is 10.1. The van der Waals surface area contributed by atoms with Crippen molar-refractivity contribution in [2.24, 2.45) is 0 Å². The second kappa shape index (κ2) is 6.30. The fourth-order valence-corrected chi connectivity index (χ4v) is 1.31. The maximum Gasteiger partial charge on any atom is 0.348 e. The Hall–Kier alpha value is -2.48. The van der Waals surface area contributed by atoms with Gasteiger partial charge in [-0.1, -0.05) is 6.07 Å². The van der Waals surface area contributed by atoms with Crippen LogP contribution in [0.1, 0.15) is 12.5 Å². The van der Waals surface area contributed by atoms with Crippen LogP contribution in [-0.2, 0) is 9.53 Å². The minimum atomic E-state index is -0.705. The summed E-state index contributed by atoms with van der Waals surface area (Å²) in [5.74, 6) is -0.400. The van der Waals surface area contributed by atoms with E-state index in [0.717, 1.165) is 0 Å². The number of phenols is 1. The van der Waals surface area contributed by atoms with Crippen molar-refractivity contribution >= 4 is 12.0 Å². The molecule has 0 bridgehead atoms. The number of benzene rings is 1. The molecule has 0 spiro atoms. The first-order valence-electron chi connectivity index (χ1n) is 5.28. The zero-order valence-electron chi connectivity index (χ0n) is 10.1. The van der Waals surface area contributed by atoms with Gasteiger partial charge in [0, 0.05) is 0 Å². The van der Waals surface area contributed by atoms with Crippen molar-refractivity contribution in [1.82, 2.24) is 0 Å². The molecule has 5 nitrogen and oxygen atoms in total. The Labute approximate surface area is 105 Å². The average molecular weight is 247 g/mol. The summed E-state index contributed by atoms with van der Waals surface area (Å²) in [7, 11) is 1.20. The number of phenolic OH excluding ortho intramolecular Hbond substituents is 1. The molecule has 0 amide bonds. The van der Waals surface area contributed by atoms with Crippen LogP contribution >= 0.6 is 0 Å². The Morgan fingerprint density at radius 1 is 1.56 bits per heavy atom. The fourth-order valence-electron chi connectivity index (χ4n) is 1.31. The number of carbonyl (C=O) groups is 1. The van der Waals surface area contributed by atoms with Gasteiger partial charge in [-0.15, -0.1) is 0 Å². The molecule has 0 aromatic heterocycles. The predicted octanol–water partition coefficient (Wildman–Crippen LogP) is 1.87. The van der Waals surface area contributed by atoms with Crippen molar-refractivity contribution in [3.8, 4) is 17.6 Å². The molecule has 0 unspecified atom stereocenters. The molecule has 18 heavy (non-hydrogen) atoms. The molecule has 0 radical (unpaired) electrons. The number of carbonyl (C=O) groups excluding carboxylic acids is 1. The first-order chi connectivity index (χ1) is 8.62. The summed E-state index contributed by atoms with van der Waals surface area (Å²) in [6, 6.07) is 6.29. The molecular formula is C13H13NO4. The zero-order chi connectivity index (χ0) is 13.5. The van der Waals surface area contributed by atoms with Crippen molar-refractivity contribution < 1.29 is 19.4 Å². The molecule has 1 aromatic carbocycles.